The van der Waals surface area contributed by atoms with Gasteiger partial charge in [-0.1, -0.05) is 6.92 Å². The van der Waals surface area contributed by atoms with Crippen LogP contribution in [-0.2, 0) is 9.53 Å². The fourth-order valence-electron chi connectivity index (χ4n) is 3.77. The molecule has 1 aliphatic heterocycles. The van der Waals surface area contributed by atoms with Crippen LogP contribution in [0.1, 0.15) is 44.0 Å². The zero-order valence-electron chi connectivity index (χ0n) is 19.1. The number of carbonyl (C=O) groups excluding carboxylic acids is 2. The maximum absolute atomic E-state index is 13.6. The van der Waals surface area contributed by atoms with Gasteiger partial charge in [0.2, 0.25) is 11.9 Å². The van der Waals surface area contributed by atoms with Gasteiger partial charge in [0.25, 0.3) is 0 Å². The number of hydrogen-bond donors (Lipinski definition) is 1. The van der Waals surface area contributed by atoms with E-state index < -0.39 is 0 Å². The lowest BCUT2D eigenvalue weighted by Gasteiger charge is -2.30. The average molecular weight is 484 g/mol. The van der Waals surface area contributed by atoms with Crippen molar-refractivity contribution in [2.45, 2.75) is 39.0 Å². The van der Waals surface area contributed by atoms with E-state index in [0.29, 0.717) is 37.5 Å². The molecule has 3 heterocycles. The van der Waals surface area contributed by atoms with Crippen LogP contribution in [0.5, 0.6) is 0 Å². The molecule has 8 nitrogen and oxygen atoms in total. The highest BCUT2D eigenvalue weighted by Gasteiger charge is 2.28. The minimum absolute atomic E-state index is 0.172. The Morgan fingerprint density at radius 3 is 2.56 bits per heavy atom. The molecule has 0 bridgehead atoms. The van der Waals surface area contributed by atoms with E-state index in [2.05, 4.69) is 15.3 Å². The number of carbonyl (C=O) groups is 2. The van der Waals surface area contributed by atoms with Gasteiger partial charge in [0, 0.05) is 37.2 Å². The first-order chi connectivity index (χ1) is 16.5. The van der Waals surface area contributed by atoms with Crippen molar-refractivity contribution in [3.63, 3.8) is 0 Å². The Bertz CT molecular complexity index is 1160. The molecule has 1 N–H and O–H groups in total. The molecule has 1 aromatic carbocycles. The van der Waals surface area contributed by atoms with E-state index in [1.165, 1.54) is 23.5 Å². The number of hydrogen-bond acceptors (Lipinski definition) is 7. The maximum atomic E-state index is 13.6. The third-order valence-electron chi connectivity index (χ3n) is 5.59. The first kappa shape index (κ1) is 23.7. The Labute approximate surface area is 201 Å². The van der Waals surface area contributed by atoms with Crippen LogP contribution >= 0.6 is 11.3 Å². The summed E-state index contributed by atoms with van der Waals surface area (Å²) in [4.78, 5) is 40.0. The first-order valence-corrected chi connectivity index (χ1v) is 12.1. The SMILES string of the molecule is CCOC(=O)N1CCC(c2nc(-c3ccc(F)cc3)c(-c3ccnc(NC(=O)CC)n3)s2)CC1. The number of nitrogens with zero attached hydrogens (tertiary/aromatic N) is 4. The second-order valence-electron chi connectivity index (χ2n) is 7.86. The second-order valence-corrected chi connectivity index (χ2v) is 8.89. The quantitative estimate of drug-likeness (QED) is 0.524. The van der Waals surface area contributed by atoms with Gasteiger partial charge in [-0.15, -0.1) is 11.3 Å². The fraction of sp³-hybridized carbons (Fsp3) is 0.375. The van der Waals surface area contributed by atoms with E-state index in [1.54, 1.807) is 43.1 Å². The minimum atomic E-state index is -0.321. The molecule has 34 heavy (non-hydrogen) atoms. The number of piperidine rings is 1. The van der Waals surface area contributed by atoms with Gasteiger partial charge < -0.3 is 9.64 Å². The molecular weight excluding hydrogens is 457 g/mol. The van der Waals surface area contributed by atoms with Gasteiger partial charge in [0.15, 0.2) is 0 Å². The van der Waals surface area contributed by atoms with Crippen molar-refractivity contribution in [3.05, 3.63) is 47.4 Å². The summed E-state index contributed by atoms with van der Waals surface area (Å²) in [6, 6.07) is 7.98. The normalized spacial score (nSPS) is 14.1. The fourth-order valence-corrected chi connectivity index (χ4v) is 5.00. The molecule has 1 fully saturated rings. The van der Waals surface area contributed by atoms with Crippen LogP contribution < -0.4 is 5.32 Å². The van der Waals surface area contributed by atoms with Gasteiger partial charge in [0.05, 0.1) is 27.9 Å². The van der Waals surface area contributed by atoms with Crippen LogP contribution in [0.3, 0.4) is 0 Å². The molecule has 0 unspecified atom stereocenters. The predicted molar refractivity (Wildman–Crippen MR) is 128 cm³/mol. The van der Waals surface area contributed by atoms with Crippen molar-refractivity contribution in [1.29, 1.82) is 0 Å². The van der Waals surface area contributed by atoms with Crippen LogP contribution in [0, 0.1) is 5.82 Å². The molecule has 1 aliphatic rings. The van der Waals surface area contributed by atoms with Gasteiger partial charge in [-0.2, -0.15) is 0 Å². The van der Waals surface area contributed by atoms with Crippen molar-refractivity contribution < 1.29 is 18.7 Å². The van der Waals surface area contributed by atoms with E-state index in [-0.39, 0.29) is 29.7 Å². The largest absolute Gasteiger partial charge is 0.450 e. The molecular formula is C24H26FN5O3S. The number of halogens is 1. The van der Waals surface area contributed by atoms with E-state index in [0.717, 1.165) is 28.3 Å². The molecule has 0 spiro atoms. The summed E-state index contributed by atoms with van der Waals surface area (Å²) in [7, 11) is 0. The zero-order chi connectivity index (χ0) is 24.1. The number of rotatable bonds is 6. The average Bonchev–Trinajstić information content (AvgIpc) is 3.30. The van der Waals surface area contributed by atoms with Crippen LogP contribution in [0.15, 0.2) is 36.5 Å². The lowest BCUT2D eigenvalue weighted by Crippen LogP contribution is -2.38. The molecule has 1 saturated heterocycles. The summed E-state index contributed by atoms with van der Waals surface area (Å²) < 4.78 is 18.7. The molecule has 0 aliphatic carbocycles. The molecule has 10 heteroatoms. The third-order valence-corrected chi connectivity index (χ3v) is 6.83. The molecule has 2 amide bonds. The second kappa shape index (κ2) is 10.7. The van der Waals surface area contributed by atoms with Gasteiger partial charge >= 0.3 is 6.09 Å². The van der Waals surface area contributed by atoms with Gasteiger partial charge in [-0.05, 0) is 50.1 Å². The number of ether oxygens (including phenoxy) is 1. The topological polar surface area (TPSA) is 97.3 Å². The Morgan fingerprint density at radius 1 is 1.15 bits per heavy atom. The molecule has 4 rings (SSSR count). The molecule has 0 radical (unpaired) electrons. The highest BCUT2D eigenvalue weighted by atomic mass is 32.1. The van der Waals surface area contributed by atoms with Crippen LogP contribution in [0.25, 0.3) is 21.8 Å². The van der Waals surface area contributed by atoms with Crippen molar-refractivity contribution in [1.82, 2.24) is 19.9 Å². The lowest BCUT2D eigenvalue weighted by atomic mass is 9.98. The molecule has 3 aromatic rings. The number of aromatic nitrogens is 3. The highest BCUT2D eigenvalue weighted by Crippen LogP contribution is 2.41. The number of benzene rings is 1. The first-order valence-electron chi connectivity index (χ1n) is 11.3. The van der Waals surface area contributed by atoms with Crippen molar-refractivity contribution in [3.8, 4) is 21.8 Å². The Hall–Kier alpha value is -3.40. The van der Waals surface area contributed by atoms with E-state index in [9.17, 15) is 14.0 Å². The summed E-state index contributed by atoms with van der Waals surface area (Å²) in [6.07, 6.45) is 3.19. The number of nitrogens with one attached hydrogen (secondary N) is 1. The van der Waals surface area contributed by atoms with E-state index in [1.807, 2.05) is 0 Å². The zero-order valence-corrected chi connectivity index (χ0v) is 19.9. The van der Waals surface area contributed by atoms with Gasteiger partial charge in [-0.3, -0.25) is 10.1 Å². The summed E-state index contributed by atoms with van der Waals surface area (Å²) in [5.74, 6) is -0.0789. The summed E-state index contributed by atoms with van der Waals surface area (Å²) >= 11 is 1.53. The minimum Gasteiger partial charge on any atom is -0.450 e. The summed E-state index contributed by atoms with van der Waals surface area (Å²) in [5, 5.41) is 3.63. The molecule has 178 valence electrons. The van der Waals surface area contributed by atoms with Gasteiger partial charge in [-0.25, -0.2) is 24.1 Å². The number of anilines is 1. The Balaban J connectivity index is 1.65. The molecule has 0 saturated carbocycles. The van der Waals surface area contributed by atoms with Crippen molar-refractivity contribution >= 4 is 29.3 Å². The van der Waals surface area contributed by atoms with Crippen molar-refractivity contribution in [2.24, 2.45) is 0 Å². The number of likely N-dealkylation sites (tertiary alicyclic amines) is 1. The van der Waals surface area contributed by atoms with E-state index in [4.69, 9.17) is 9.72 Å². The number of amides is 2. The van der Waals surface area contributed by atoms with Crippen LogP contribution in [-0.4, -0.2) is 51.5 Å². The Morgan fingerprint density at radius 2 is 1.88 bits per heavy atom. The van der Waals surface area contributed by atoms with Crippen molar-refractivity contribution in [2.75, 3.05) is 25.0 Å². The third kappa shape index (κ3) is 5.39. The maximum Gasteiger partial charge on any atom is 0.409 e. The van der Waals surface area contributed by atoms with Crippen LogP contribution in [0.2, 0.25) is 0 Å². The monoisotopic (exact) mass is 483 g/mol. The smallest absolute Gasteiger partial charge is 0.409 e. The Kier molecular flexibility index (Phi) is 7.46. The highest BCUT2D eigenvalue weighted by molar-refractivity contribution is 7.15. The predicted octanol–water partition coefficient (Wildman–Crippen LogP) is 5.09. The standard InChI is InChI=1S/C24H26FN5O3S/c1-3-19(31)28-23-26-12-9-18(27-23)21-20(15-5-7-17(25)8-6-15)29-22(34-21)16-10-13-30(14-11-16)24(32)33-4-2/h5-9,12,16H,3-4,10-11,13-14H2,1-2H3,(H,26,27,28,31). The number of thiazole rings is 1. The van der Waals surface area contributed by atoms with Crippen LogP contribution in [0.4, 0.5) is 15.1 Å². The molecule has 0 atom stereocenters. The summed E-state index contributed by atoms with van der Waals surface area (Å²) in [6.45, 7) is 5.12. The molecule has 2 aromatic heterocycles. The van der Waals surface area contributed by atoms with Gasteiger partial charge in [0.1, 0.15) is 5.82 Å². The lowest BCUT2D eigenvalue weighted by molar-refractivity contribution is -0.115. The van der Waals surface area contributed by atoms with E-state index >= 15 is 0 Å². The summed E-state index contributed by atoms with van der Waals surface area (Å²) in [5.41, 5.74) is 2.12.